The van der Waals surface area contributed by atoms with Gasteiger partial charge >= 0.3 is 0 Å². The lowest BCUT2D eigenvalue weighted by molar-refractivity contribution is -0.166. The molecule has 2 amide bonds. The Balaban J connectivity index is 1.47. The van der Waals surface area contributed by atoms with Crippen molar-refractivity contribution in [2.45, 2.75) is 24.9 Å². The average molecular weight is 530 g/mol. The van der Waals surface area contributed by atoms with E-state index < -0.39 is 5.54 Å². The van der Waals surface area contributed by atoms with Gasteiger partial charge in [-0.2, -0.15) is 0 Å². The molecule has 0 unspecified atom stereocenters. The van der Waals surface area contributed by atoms with Crippen LogP contribution in [0.3, 0.4) is 0 Å². The number of aromatic amines is 1. The summed E-state index contributed by atoms with van der Waals surface area (Å²) in [5.41, 5.74) is 3.29. The molecule has 194 valence electrons. The zero-order valence-corrected chi connectivity index (χ0v) is 22.2. The number of carbonyl (C=O) groups is 2. The predicted octanol–water partition coefficient (Wildman–Crippen LogP) is 5.07. The van der Waals surface area contributed by atoms with E-state index in [9.17, 15) is 9.59 Å². The minimum atomic E-state index is -1.18. The van der Waals surface area contributed by atoms with Crippen LogP contribution in [0.5, 0.6) is 11.5 Å². The minimum Gasteiger partial charge on any atom is -0.493 e. The third kappa shape index (κ3) is 3.56. The van der Waals surface area contributed by atoms with Gasteiger partial charge < -0.3 is 24.3 Å². The molecule has 2 atom stereocenters. The molecule has 3 heterocycles. The Morgan fingerprint density at radius 2 is 1.74 bits per heavy atom. The van der Waals surface area contributed by atoms with Crippen LogP contribution in [0.1, 0.15) is 35.2 Å². The van der Waals surface area contributed by atoms with Crippen molar-refractivity contribution in [1.29, 1.82) is 0 Å². The Labute approximate surface area is 225 Å². The molecule has 1 aromatic heterocycles. The smallest absolute Gasteiger partial charge is 0.255 e. The van der Waals surface area contributed by atoms with E-state index in [1.165, 1.54) is 0 Å². The van der Waals surface area contributed by atoms with E-state index in [0.717, 1.165) is 33.3 Å². The van der Waals surface area contributed by atoms with Crippen molar-refractivity contribution in [3.63, 3.8) is 0 Å². The fraction of sp³-hybridized carbons (Fsp3) is 0.267. The zero-order valence-electron chi connectivity index (χ0n) is 21.5. The molecule has 3 aromatic carbocycles. The Morgan fingerprint density at radius 3 is 2.50 bits per heavy atom. The highest BCUT2D eigenvalue weighted by molar-refractivity contribution is 6.31. The summed E-state index contributed by atoms with van der Waals surface area (Å²) >= 11 is 6.67. The summed E-state index contributed by atoms with van der Waals surface area (Å²) in [6.45, 7) is 2.49. The number of methoxy groups -OCH3 is 2. The summed E-state index contributed by atoms with van der Waals surface area (Å²) in [6.07, 6.45) is 0. The number of hydrogen-bond acceptors (Lipinski definition) is 4. The maximum atomic E-state index is 14.3. The molecule has 2 aliphatic heterocycles. The van der Waals surface area contributed by atoms with Gasteiger partial charge in [-0.05, 0) is 47.9 Å². The third-order valence-electron chi connectivity index (χ3n) is 7.92. The summed E-state index contributed by atoms with van der Waals surface area (Å²) in [4.78, 5) is 34.9. The number of piperazine rings is 1. The van der Waals surface area contributed by atoms with Gasteiger partial charge in [0.1, 0.15) is 6.54 Å². The second kappa shape index (κ2) is 9.10. The number of ether oxygens (including phenoxy) is 2. The molecule has 38 heavy (non-hydrogen) atoms. The Hall–Kier alpha value is -3.97. The zero-order chi connectivity index (χ0) is 26.6. The van der Waals surface area contributed by atoms with Crippen LogP contribution in [-0.2, 0) is 21.7 Å². The Bertz CT molecular complexity index is 1580. The SMILES string of the molecule is COc1ccc(CN2CC(=O)N3C[C@H](c4ccccc4Cl)c4c([nH]c5ccccc45)[C@@]3(C)C2=O)cc1OC. The van der Waals surface area contributed by atoms with E-state index in [0.29, 0.717) is 23.1 Å². The van der Waals surface area contributed by atoms with E-state index in [-0.39, 0.29) is 30.8 Å². The summed E-state index contributed by atoms with van der Waals surface area (Å²) in [6, 6.07) is 21.3. The summed E-state index contributed by atoms with van der Waals surface area (Å²) in [7, 11) is 3.15. The molecular weight excluding hydrogens is 502 g/mol. The molecule has 1 fully saturated rings. The molecule has 1 N–H and O–H groups in total. The molecule has 0 saturated carbocycles. The molecule has 4 aromatic rings. The van der Waals surface area contributed by atoms with Crippen LogP contribution in [0.4, 0.5) is 0 Å². The van der Waals surface area contributed by atoms with Crippen LogP contribution in [0.15, 0.2) is 66.7 Å². The molecule has 0 spiro atoms. The van der Waals surface area contributed by atoms with Gasteiger partial charge in [-0.1, -0.05) is 54.1 Å². The van der Waals surface area contributed by atoms with Crippen LogP contribution in [0.25, 0.3) is 10.9 Å². The molecule has 7 nitrogen and oxygen atoms in total. The van der Waals surface area contributed by atoms with Crippen molar-refractivity contribution in [2.75, 3.05) is 27.3 Å². The summed E-state index contributed by atoms with van der Waals surface area (Å²) < 4.78 is 10.8. The lowest BCUT2D eigenvalue weighted by Gasteiger charge is -2.51. The van der Waals surface area contributed by atoms with Crippen molar-refractivity contribution in [3.05, 3.63) is 94.1 Å². The number of amides is 2. The average Bonchev–Trinajstić information content (AvgIpc) is 3.33. The van der Waals surface area contributed by atoms with Crippen LogP contribution in [0, 0.1) is 0 Å². The molecule has 0 bridgehead atoms. The number of nitrogens with one attached hydrogen (secondary N) is 1. The first-order valence-electron chi connectivity index (χ1n) is 12.5. The first-order chi connectivity index (χ1) is 18.4. The normalized spacial score (nSPS) is 20.9. The molecule has 8 heteroatoms. The van der Waals surface area contributed by atoms with Crippen LogP contribution < -0.4 is 9.47 Å². The predicted molar refractivity (Wildman–Crippen MR) is 146 cm³/mol. The molecule has 1 saturated heterocycles. The standard InChI is InChI=1S/C30H28ClN3O4/c1-30-28-27(20-9-5-7-11-23(20)32-28)21(19-8-4-6-10-22(19)31)16-34(30)26(35)17-33(29(30)36)15-18-12-13-24(37-2)25(14-18)38-3/h4-14,21,32H,15-17H2,1-3H3/t21-,30+/m1/s1. The Kier molecular flexibility index (Phi) is 5.83. The fourth-order valence-electron chi connectivity index (χ4n) is 6.04. The van der Waals surface area contributed by atoms with E-state index >= 15 is 0 Å². The van der Waals surface area contributed by atoms with Gasteiger partial charge in [0.15, 0.2) is 17.0 Å². The second-order valence-electron chi connectivity index (χ2n) is 9.96. The number of H-pyrrole nitrogens is 1. The maximum absolute atomic E-state index is 14.3. The highest BCUT2D eigenvalue weighted by atomic mass is 35.5. The van der Waals surface area contributed by atoms with Crippen molar-refractivity contribution in [2.24, 2.45) is 0 Å². The highest BCUT2D eigenvalue weighted by Gasteiger charge is 2.56. The quantitative estimate of drug-likeness (QED) is 0.392. The van der Waals surface area contributed by atoms with Gasteiger partial charge in [0.05, 0.1) is 19.9 Å². The highest BCUT2D eigenvalue weighted by Crippen LogP contribution is 2.49. The first-order valence-corrected chi connectivity index (χ1v) is 12.9. The lowest BCUT2D eigenvalue weighted by atomic mass is 9.76. The molecule has 2 aliphatic rings. The lowest BCUT2D eigenvalue weighted by Crippen LogP contribution is -2.67. The topological polar surface area (TPSA) is 74.9 Å². The molecule has 6 rings (SSSR count). The summed E-state index contributed by atoms with van der Waals surface area (Å²) in [5.74, 6) is 0.783. The van der Waals surface area contributed by atoms with Crippen molar-refractivity contribution in [3.8, 4) is 11.5 Å². The van der Waals surface area contributed by atoms with Crippen molar-refractivity contribution >= 4 is 34.3 Å². The van der Waals surface area contributed by atoms with Crippen LogP contribution in [-0.4, -0.2) is 53.9 Å². The Morgan fingerprint density at radius 1 is 1.00 bits per heavy atom. The number of halogens is 1. The van der Waals surface area contributed by atoms with Gasteiger partial charge in [-0.25, -0.2) is 0 Å². The molecule has 0 aliphatic carbocycles. The molecule has 0 radical (unpaired) electrons. The monoisotopic (exact) mass is 529 g/mol. The fourth-order valence-corrected chi connectivity index (χ4v) is 6.31. The molecular formula is C30H28ClN3O4. The van der Waals surface area contributed by atoms with E-state index in [2.05, 4.69) is 11.1 Å². The number of nitrogens with zero attached hydrogens (tertiary/aromatic N) is 2. The minimum absolute atomic E-state index is 0.00638. The van der Waals surface area contributed by atoms with Gasteiger partial charge in [-0.15, -0.1) is 0 Å². The third-order valence-corrected chi connectivity index (χ3v) is 8.26. The van der Waals surface area contributed by atoms with Crippen LogP contribution in [0.2, 0.25) is 5.02 Å². The van der Waals surface area contributed by atoms with Crippen molar-refractivity contribution < 1.29 is 19.1 Å². The first kappa shape index (κ1) is 24.4. The maximum Gasteiger partial charge on any atom is 0.255 e. The summed E-state index contributed by atoms with van der Waals surface area (Å²) in [5, 5.41) is 1.67. The largest absolute Gasteiger partial charge is 0.493 e. The number of rotatable bonds is 5. The van der Waals surface area contributed by atoms with Crippen LogP contribution >= 0.6 is 11.6 Å². The number of fused-ring (bicyclic) bond motifs is 5. The van der Waals surface area contributed by atoms with Gasteiger partial charge in [0.2, 0.25) is 5.91 Å². The number of carbonyl (C=O) groups excluding carboxylic acids is 2. The second-order valence-corrected chi connectivity index (χ2v) is 10.4. The van der Waals surface area contributed by atoms with Gasteiger partial charge in [0.25, 0.3) is 5.91 Å². The van der Waals surface area contributed by atoms with E-state index in [4.69, 9.17) is 21.1 Å². The van der Waals surface area contributed by atoms with Crippen molar-refractivity contribution in [1.82, 2.24) is 14.8 Å². The number of aromatic nitrogens is 1. The number of hydrogen-bond donors (Lipinski definition) is 1. The van der Waals surface area contributed by atoms with E-state index in [1.54, 1.807) is 24.0 Å². The van der Waals surface area contributed by atoms with Gasteiger partial charge in [-0.3, -0.25) is 9.59 Å². The van der Waals surface area contributed by atoms with Gasteiger partial charge in [0, 0.05) is 34.9 Å². The van der Waals surface area contributed by atoms with E-state index in [1.807, 2.05) is 67.6 Å². The number of benzene rings is 3. The number of para-hydroxylation sites is 1.